The number of amides is 2. The van der Waals surface area contributed by atoms with Crippen LogP contribution in [0.2, 0.25) is 0 Å². The van der Waals surface area contributed by atoms with Crippen molar-refractivity contribution in [2.45, 2.75) is 70.4 Å². The van der Waals surface area contributed by atoms with E-state index in [0.29, 0.717) is 11.8 Å². The maximum atomic E-state index is 12.9. The lowest BCUT2D eigenvalue weighted by atomic mass is 9.78. The Morgan fingerprint density at radius 2 is 1.65 bits per heavy atom. The molecule has 3 fully saturated rings. The van der Waals surface area contributed by atoms with E-state index in [-0.39, 0.29) is 24.4 Å². The fourth-order valence-corrected chi connectivity index (χ4v) is 4.63. The van der Waals surface area contributed by atoms with Gasteiger partial charge in [0.25, 0.3) is 0 Å². The molecule has 0 aromatic rings. The Morgan fingerprint density at radius 1 is 1.05 bits per heavy atom. The minimum atomic E-state index is -0.556. The molecule has 1 N–H and O–H groups in total. The molecule has 2 unspecified atom stereocenters. The molecule has 2 amide bonds. The van der Waals surface area contributed by atoms with Crippen LogP contribution in [0.25, 0.3) is 0 Å². The molecule has 4 nitrogen and oxygen atoms in total. The average molecular weight is 278 g/mol. The zero-order valence-corrected chi connectivity index (χ0v) is 12.7. The summed E-state index contributed by atoms with van der Waals surface area (Å²) < 4.78 is 0. The van der Waals surface area contributed by atoms with Gasteiger partial charge in [0.2, 0.25) is 11.8 Å². The van der Waals surface area contributed by atoms with Crippen LogP contribution >= 0.6 is 0 Å². The van der Waals surface area contributed by atoms with Gasteiger partial charge in [0.05, 0.1) is 6.54 Å². The Balaban J connectivity index is 1.81. The van der Waals surface area contributed by atoms with Crippen molar-refractivity contribution in [1.29, 1.82) is 0 Å². The molecule has 2 aliphatic carbocycles. The third-order valence-electron chi connectivity index (χ3n) is 5.41. The number of piperazine rings is 1. The number of nitrogens with one attached hydrogen (secondary N) is 1. The molecule has 3 rings (SSSR count). The minimum absolute atomic E-state index is 0.0392. The molecule has 1 spiro atoms. The van der Waals surface area contributed by atoms with Gasteiger partial charge in [-0.05, 0) is 43.9 Å². The number of carbonyl (C=O) groups is 2. The highest BCUT2D eigenvalue weighted by Crippen LogP contribution is 2.37. The Morgan fingerprint density at radius 3 is 2.25 bits per heavy atom. The smallest absolute Gasteiger partial charge is 0.249 e. The molecule has 1 saturated heterocycles. The zero-order chi connectivity index (χ0) is 14.3. The van der Waals surface area contributed by atoms with E-state index in [9.17, 15) is 9.59 Å². The van der Waals surface area contributed by atoms with E-state index >= 15 is 0 Å². The van der Waals surface area contributed by atoms with Crippen LogP contribution in [-0.4, -0.2) is 34.8 Å². The average Bonchev–Trinajstić information content (AvgIpc) is 2.82. The third kappa shape index (κ3) is 2.33. The van der Waals surface area contributed by atoms with Gasteiger partial charge in [-0.2, -0.15) is 0 Å². The SMILES string of the molecule is CC1CC(C)CC(N2CC(=O)NC3(CCCC3)C2=O)C1. The summed E-state index contributed by atoms with van der Waals surface area (Å²) in [4.78, 5) is 26.9. The van der Waals surface area contributed by atoms with E-state index in [4.69, 9.17) is 0 Å². The van der Waals surface area contributed by atoms with Crippen LogP contribution in [0.4, 0.5) is 0 Å². The lowest BCUT2D eigenvalue weighted by molar-refractivity contribution is -0.153. The van der Waals surface area contributed by atoms with Crippen LogP contribution in [0.15, 0.2) is 0 Å². The van der Waals surface area contributed by atoms with Crippen LogP contribution in [0, 0.1) is 11.8 Å². The first-order valence-electron chi connectivity index (χ1n) is 8.12. The molecule has 0 radical (unpaired) electrons. The topological polar surface area (TPSA) is 49.4 Å². The molecule has 4 heteroatoms. The molecule has 0 aromatic heterocycles. The summed E-state index contributed by atoms with van der Waals surface area (Å²) in [6.45, 7) is 4.80. The molecule has 0 bridgehead atoms. The Kier molecular flexibility index (Phi) is 3.51. The van der Waals surface area contributed by atoms with Crippen LogP contribution in [-0.2, 0) is 9.59 Å². The van der Waals surface area contributed by atoms with Gasteiger partial charge < -0.3 is 10.2 Å². The quantitative estimate of drug-likeness (QED) is 0.798. The van der Waals surface area contributed by atoms with Gasteiger partial charge >= 0.3 is 0 Å². The number of hydrogen-bond donors (Lipinski definition) is 1. The standard InChI is InChI=1S/C16H26N2O2/c1-11-7-12(2)9-13(8-11)18-10-14(19)17-16(15(18)20)5-3-4-6-16/h11-13H,3-10H2,1-2H3,(H,17,19). The van der Waals surface area contributed by atoms with Gasteiger partial charge in [-0.15, -0.1) is 0 Å². The highest BCUT2D eigenvalue weighted by atomic mass is 16.2. The normalized spacial score (nSPS) is 37.3. The Bertz CT molecular complexity index is 405. The predicted molar refractivity (Wildman–Crippen MR) is 77.0 cm³/mol. The van der Waals surface area contributed by atoms with E-state index in [1.807, 2.05) is 4.90 Å². The molecule has 1 heterocycles. The van der Waals surface area contributed by atoms with Crippen LogP contribution in [0.3, 0.4) is 0 Å². The highest BCUT2D eigenvalue weighted by Gasteiger charge is 2.50. The lowest BCUT2D eigenvalue weighted by Gasteiger charge is -2.46. The summed E-state index contributed by atoms with van der Waals surface area (Å²) in [5.74, 6) is 1.54. The van der Waals surface area contributed by atoms with Crippen molar-refractivity contribution in [3.8, 4) is 0 Å². The molecule has 3 aliphatic rings. The number of hydrogen-bond acceptors (Lipinski definition) is 2. The molecule has 1 aliphatic heterocycles. The van der Waals surface area contributed by atoms with Crippen LogP contribution in [0.5, 0.6) is 0 Å². The van der Waals surface area contributed by atoms with Gasteiger partial charge in [0.15, 0.2) is 0 Å². The summed E-state index contributed by atoms with van der Waals surface area (Å²) in [7, 11) is 0. The fraction of sp³-hybridized carbons (Fsp3) is 0.875. The third-order valence-corrected chi connectivity index (χ3v) is 5.41. The summed E-state index contributed by atoms with van der Waals surface area (Å²) in [5.41, 5.74) is -0.556. The van der Waals surface area contributed by atoms with Crippen molar-refractivity contribution in [2.24, 2.45) is 11.8 Å². The molecule has 112 valence electrons. The van der Waals surface area contributed by atoms with Gasteiger partial charge in [-0.25, -0.2) is 0 Å². The molecule has 2 saturated carbocycles. The first-order chi connectivity index (χ1) is 9.50. The number of nitrogens with zero attached hydrogens (tertiary/aromatic N) is 1. The Hall–Kier alpha value is -1.06. The van der Waals surface area contributed by atoms with Crippen molar-refractivity contribution in [3.05, 3.63) is 0 Å². The predicted octanol–water partition coefficient (Wildman–Crippen LogP) is 2.08. The van der Waals surface area contributed by atoms with Crippen LogP contribution < -0.4 is 5.32 Å². The zero-order valence-electron chi connectivity index (χ0n) is 12.7. The van der Waals surface area contributed by atoms with Gasteiger partial charge in [-0.1, -0.05) is 26.7 Å². The fourth-order valence-electron chi connectivity index (χ4n) is 4.63. The van der Waals surface area contributed by atoms with Gasteiger partial charge in [0, 0.05) is 6.04 Å². The number of carbonyl (C=O) groups excluding carboxylic acids is 2. The maximum Gasteiger partial charge on any atom is 0.249 e. The second-order valence-corrected chi connectivity index (χ2v) is 7.34. The first kappa shape index (κ1) is 13.9. The summed E-state index contributed by atoms with van der Waals surface area (Å²) in [6, 6.07) is 0.268. The summed E-state index contributed by atoms with van der Waals surface area (Å²) in [6.07, 6.45) is 7.11. The molecule has 2 atom stereocenters. The van der Waals surface area contributed by atoms with E-state index in [0.717, 1.165) is 38.5 Å². The number of rotatable bonds is 1. The van der Waals surface area contributed by atoms with Crippen molar-refractivity contribution >= 4 is 11.8 Å². The molecular weight excluding hydrogens is 252 g/mol. The van der Waals surface area contributed by atoms with Gasteiger partial charge in [-0.3, -0.25) is 9.59 Å². The molecule has 20 heavy (non-hydrogen) atoms. The second kappa shape index (κ2) is 5.05. The Labute approximate surface area is 121 Å². The molecule has 0 aromatic carbocycles. The monoisotopic (exact) mass is 278 g/mol. The van der Waals surface area contributed by atoms with Crippen molar-refractivity contribution in [3.63, 3.8) is 0 Å². The van der Waals surface area contributed by atoms with Crippen molar-refractivity contribution in [2.75, 3.05) is 6.54 Å². The van der Waals surface area contributed by atoms with E-state index in [1.165, 1.54) is 6.42 Å². The summed E-state index contributed by atoms with van der Waals surface area (Å²) >= 11 is 0. The van der Waals surface area contributed by atoms with E-state index in [2.05, 4.69) is 19.2 Å². The van der Waals surface area contributed by atoms with E-state index < -0.39 is 5.54 Å². The maximum absolute atomic E-state index is 12.9. The highest BCUT2D eigenvalue weighted by molar-refractivity contribution is 5.98. The van der Waals surface area contributed by atoms with Crippen molar-refractivity contribution < 1.29 is 9.59 Å². The molecular formula is C16H26N2O2. The minimum Gasteiger partial charge on any atom is -0.340 e. The van der Waals surface area contributed by atoms with Gasteiger partial charge in [0.1, 0.15) is 5.54 Å². The lowest BCUT2D eigenvalue weighted by Crippen LogP contribution is -2.67. The van der Waals surface area contributed by atoms with E-state index in [1.54, 1.807) is 0 Å². The first-order valence-corrected chi connectivity index (χ1v) is 8.12. The second-order valence-electron chi connectivity index (χ2n) is 7.34. The summed E-state index contributed by atoms with van der Waals surface area (Å²) in [5, 5.41) is 3.00. The largest absolute Gasteiger partial charge is 0.340 e. The van der Waals surface area contributed by atoms with Crippen LogP contribution in [0.1, 0.15) is 58.8 Å². The van der Waals surface area contributed by atoms with Crippen molar-refractivity contribution in [1.82, 2.24) is 10.2 Å².